The number of nitrogens with zero attached hydrogens (tertiary/aromatic N) is 4. The van der Waals surface area contributed by atoms with Gasteiger partial charge < -0.3 is 20.1 Å². The average Bonchev–Trinajstić information content (AvgIpc) is 3.70. The van der Waals surface area contributed by atoms with E-state index >= 15 is 0 Å². The predicted molar refractivity (Wildman–Crippen MR) is 243 cm³/mol. The molecular formula is C52H39N5O5. The highest BCUT2D eigenvalue weighted by atomic mass is 16.4. The van der Waals surface area contributed by atoms with Crippen LogP contribution < -0.4 is 5.32 Å². The molecule has 9 aromatic rings. The molecule has 0 radical (unpaired) electrons. The Balaban J connectivity index is 1.10. The van der Waals surface area contributed by atoms with Gasteiger partial charge in [0.15, 0.2) is 0 Å². The van der Waals surface area contributed by atoms with Crippen molar-refractivity contribution in [2.75, 3.05) is 5.32 Å². The molecule has 10 nitrogen and oxygen atoms in total. The number of imidazole rings is 1. The van der Waals surface area contributed by atoms with Gasteiger partial charge in [-0.05, 0) is 90.7 Å². The lowest BCUT2D eigenvalue weighted by molar-refractivity contribution is 0.0652. The lowest BCUT2D eigenvalue weighted by Gasteiger charge is -2.25. The van der Waals surface area contributed by atoms with Gasteiger partial charge in [-0.1, -0.05) is 98.1 Å². The molecule has 3 heterocycles. The molecule has 1 fully saturated rings. The summed E-state index contributed by atoms with van der Waals surface area (Å²) < 4.78 is 2.33. The average molecular weight is 814 g/mol. The van der Waals surface area contributed by atoms with Crippen molar-refractivity contribution in [3.63, 3.8) is 0 Å². The second kappa shape index (κ2) is 15.9. The van der Waals surface area contributed by atoms with Crippen LogP contribution in [0.2, 0.25) is 0 Å². The summed E-state index contributed by atoms with van der Waals surface area (Å²) in [4.78, 5) is 55.1. The van der Waals surface area contributed by atoms with Crippen molar-refractivity contribution < 1.29 is 24.6 Å². The van der Waals surface area contributed by atoms with E-state index in [1.54, 1.807) is 66.9 Å². The van der Waals surface area contributed by atoms with E-state index in [1.165, 1.54) is 12.5 Å². The summed E-state index contributed by atoms with van der Waals surface area (Å²) in [6.45, 7) is 0. The van der Waals surface area contributed by atoms with Crippen LogP contribution in [0.15, 0.2) is 152 Å². The SMILES string of the molecule is O=C(Nc1c(-c2ccccc2)cc(C(=O)O)c(C(=O)O)c1-c1ccc2ncccc2c1)c1ccc2c(c1)nc(-c1ccc3nc(-c4ccccc4)ccc3c1)n2C1CCCCC1. The van der Waals surface area contributed by atoms with E-state index in [2.05, 4.69) is 45.2 Å². The Labute approximate surface area is 356 Å². The minimum Gasteiger partial charge on any atom is -0.478 e. The Morgan fingerprint density at radius 1 is 0.597 bits per heavy atom. The second-order valence-electron chi connectivity index (χ2n) is 15.7. The van der Waals surface area contributed by atoms with Crippen LogP contribution in [-0.4, -0.2) is 47.6 Å². The van der Waals surface area contributed by atoms with E-state index in [9.17, 15) is 24.6 Å². The van der Waals surface area contributed by atoms with Gasteiger partial charge in [0.1, 0.15) is 5.82 Å². The molecule has 1 amide bonds. The summed E-state index contributed by atoms with van der Waals surface area (Å²) in [5.41, 5.74) is 7.08. The van der Waals surface area contributed by atoms with Crippen molar-refractivity contribution in [1.82, 2.24) is 19.5 Å². The van der Waals surface area contributed by atoms with Gasteiger partial charge in [-0.15, -0.1) is 0 Å². The minimum absolute atomic E-state index is 0.0713. The zero-order valence-corrected chi connectivity index (χ0v) is 33.5. The first-order valence-corrected chi connectivity index (χ1v) is 20.7. The van der Waals surface area contributed by atoms with Gasteiger partial charge in [0, 0.05) is 50.8 Å². The summed E-state index contributed by atoms with van der Waals surface area (Å²) >= 11 is 0. The van der Waals surface area contributed by atoms with Gasteiger partial charge in [-0.3, -0.25) is 9.78 Å². The van der Waals surface area contributed by atoms with Crippen molar-refractivity contribution in [2.45, 2.75) is 38.1 Å². The molecule has 0 aliphatic heterocycles. The van der Waals surface area contributed by atoms with Gasteiger partial charge in [-0.2, -0.15) is 0 Å². The molecule has 6 aromatic carbocycles. The number of rotatable bonds is 9. The van der Waals surface area contributed by atoms with Crippen molar-refractivity contribution in [1.29, 1.82) is 0 Å². The highest BCUT2D eigenvalue weighted by Crippen LogP contribution is 2.43. The third-order valence-electron chi connectivity index (χ3n) is 11.9. The number of carbonyl (C=O) groups excluding carboxylic acids is 1. The van der Waals surface area contributed by atoms with Gasteiger partial charge >= 0.3 is 11.9 Å². The Kier molecular flexibility index (Phi) is 9.80. The predicted octanol–water partition coefficient (Wildman–Crippen LogP) is 12.0. The zero-order chi connectivity index (χ0) is 42.3. The van der Waals surface area contributed by atoms with E-state index in [-0.39, 0.29) is 17.3 Å². The Bertz CT molecular complexity index is 3230. The summed E-state index contributed by atoms with van der Waals surface area (Å²) in [6, 6.07) is 45.3. The number of aromatic nitrogens is 4. The fourth-order valence-electron chi connectivity index (χ4n) is 8.94. The number of aromatic carboxylic acids is 2. The van der Waals surface area contributed by atoms with Gasteiger partial charge in [0.05, 0.1) is 44.6 Å². The maximum Gasteiger partial charge on any atom is 0.337 e. The number of nitrogens with one attached hydrogen (secondary N) is 1. The molecule has 3 N–H and O–H groups in total. The highest BCUT2D eigenvalue weighted by Gasteiger charge is 2.30. The molecular weight excluding hydrogens is 775 g/mol. The molecule has 1 aliphatic rings. The molecule has 10 heteroatoms. The normalized spacial score (nSPS) is 13.1. The van der Waals surface area contributed by atoms with Crippen LogP contribution in [0.3, 0.4) is 0 Å². The summed E-state index contributed by atoms with van der Waals surface area (Å²) in [5, 5.41) is 25.9. The van der Waals surface area contributed by atoms with Crippen LogP contribution >= 0.6 is 0 Å². The topological polar surface area (TPSA) is 147 Å². The van der Waals surface area contributed by atoms with Gasteiger partial charge in [0.25, 0.3) is 5.91 Å². The Morgan fingerprint density at radius 3 is 2.06 bits per heavy atom. The fourth-order valence-corrected chi connectivity index (χ4v) is 8.94. The van der Waals surface area contributed by atoms with Crippen LogP contribution in [0.1, 0.15) is 69.2 Å². The molecule has 10 rings (SSSR count). The summed E-state index contributed by atoms with van der Waals surface area (Å²) in [7, 11) is 0. The number of carboxylic acid groups (broad SMARTS) is 2. The lowest BCUT2D eigenvalue weighted by atomic mass is 9.87. The molecule has 302 valence electrons. The number of pyridine rings is 2. The van der Waals surface area contributed by atoms with E-state index in [0.717, 1.165) is 70.1 Å². The molecule has 1 aliphatic carbocycles. The summed E-state index contributed by atoms with van der Waals surface area (Å²) in [6.07, 6.45) is 7.12. The van der Waals surface area contributed by atoms with Crippen LogP contribution in [0, 0.1) is 0 Å². The fraction of sp³-hybridized carbons (Fsp3) is 0.115. The molecule has 3 aromatic heterocycles. The zero-order valence-electron chi connectivity index (χ0n) is 33.5. The quantitative estimate of drug-likeness (QED) is 0.130. The summed E-state index contributed by atoms with van der Waals surface area (Å²) in [5.74, 6) is -2.54. The van der Waals surface area contributed by atoms with Crippen molar-refractivity contribution in [3.05, 3.63) is 168 Å². The number of amides is 1. The molecule has 62 heavy (non-hydrogen) atoms. The van der Waals surface area contributed by atoms with Crippen molar-refractivity contribution >= 4 is 56.4 Å². The van der Waals surface area contributed by atoms with Crippen molar-refractivity contribution in [3.8, 4) is 44.9 Å². The van der Waals surface area contributed by atoms with E-state index < -0.39 is 29.0 Å². The van der Waals surface area contributed by atoms with Crippen LogP contribution in [0.4, 0.5) is 5.69 Å². The largest absolute Gasteiger partial charge is 0.478 e. The van der Waals surface area contributed by atoms with Gasteiger partial charge in [-0.25, -0.2) is 19.6 Å². The van der Waals surface area contributed by atoms with E-state index in [4.69, 9.17) is 9.97 Å². The first kappa shape index (κ1) is 38.2. The Morgan fingerprint density at radius 2 is 1.31 bits per heavy atom. The third kappa shape index (κ3) is 7.01. The Hall–Kier alpha value is -7.98. The standard InChI is InChI=1S/C52H39N5O5/c58-50(56-48-39(31-11-4-1-5-12-31)30-40(51(59)60)47(52(61)62)46(48)35-19-22-41-33(27-35)15-10-26-53-41)37-21-25-45-44(29-37)55-49(57(45)38-16-8-3-9-17-38)36-20-24-43-34(28-36)18-23-42(54-43)32-13-6-2-7-14-32/h1-2,4-7,10-15,18-30,38H,3,8-9,16-17H2,(H,56,58)(H,59,60)(H,61,62). The first-order valence-electron chi connectivity index (χ1n) is 20.7. The number of carbonyl (C=O) groups is 3. The number of hydrogen-bond donors (Lipinski definition) is 3. The number of benzene rings is 6. The maximum absolute atomic E-state index is 14.7. The van der Waals surface area contributed by atoms with Crippen LogP contribution in [-0.2, 0) is 0 Å². The number of hydrogen-bond acceptors (Lipinski definition) is 6. The molecule has 0 unspecified atom stereocenters. The number of fused-ring (bicyclic) bond motifs is 3. The van der Waals surface area contributed by atoms with Crippen molar-refractivity contribution in [2.24, 2.45) is 0 Å². The van der Waals surface area contributed by atoms with Gasteiger partial charge in [0.2, 0.25) is 0 Å². The molecule has 0 atom stereocenters. The van der Waals surface area contributed by atoms with E-state index in [1.807, 2.05) is 48.5 Å². The molecule has 0 saturated heterocycles. The smallest absolute Gasteiger partial charge is 0.337 e. The number of anilines is 1. The number of carboxylic acids is 2. The highest BCUT2D eigenvalue weighted by molar-refractivity contribution is 6.17. The van der Waals surface area contributed by atoms with Crippen LogP contribution in [0.25, 0.3) is 77.7 Å². The minimum atomic E-state index is -1.44. The third-order valence-corrected chi connectivity index (χ3v) is 11.9. The molecule has 0 spiro atoms. The lowest BCUT2D eigenvalue weighted by Crippen LogP contribution is -2.18. The van der Waals surface area contributed by atoms with Crippen LogP contribution in [0.5, 0.6) is 0 Å². The maximum atomic E-state index is 14.7. The molecule has 1 saturated carbocycles. The molecule has 0 bridgehead atoms. The van der Waals surface area contributed by atoms with E-state index in [0.29, 0.717) is 33.3 Å². The first-order chi connectivity index (χ1) is 30.3. The monoisotopic (exact) mass is 813 g/mol. The second-order valence-corrected chi connectivity index (χ2v) is 15.7.